The Kier molecular flexibility index (Phi) is 5.36. The number of nitrogens with zero attached hydrogens (tertiary/aromatic N) is 1. The van der Waals surface area contributed by atoms with E-state index in [1.54, 1.807) is 36.4 Å². The van der Waals surface area contributed by atoms with Crippen molar-refractivity contribution in [2.75, 3.05) is 0 Å². The number of hydrogen-bond acceptors (Lipinski definition) is 3. The van der Waals surface area contributed by atoms with Gasteiger partial charge < -0.3 is 0 Å². The first-order valence-electron chi connectivity index (χ1n) is 7.54. The molecule has 27 heavy (non-hydrogen) atoms. The molecule has 1 saturated heterocycles. The number of thioether (sulfide) groups is 2. The monoisotopic (exact) mass is 419 g/mol. The van der Waals surface area contributed by atoms with Gasteiger partial charge in [0.1, 0.15) is 5.04 Å². The van der Waals surface area contributed by atoms with Gasteiger partial charge in [-0.2, -0.15) is 26.3 Å². The van der Waals surface area contributed by atoms with Crippen molar-refractivity contribution in [3.8, 4) is 0 Å². The van der Waals surface area contributed by atoms with E-state index in [4.69, 9.17) is 0 Å². The second kappa shape index (κ2) is 7.27. The smallest absolute Gasteiger partial charge is 0.241 e. The van der Waals surface area contributed by atoms with Gasteiger partial charge in [-0.05, 0) is 41.4 Å². The van der Waals surface area contributed by atoms with Crippen LogP contribution in [0.15, 0.2) is 81.5 Å². The van der Waals surface area contributed by atoms with Gasteiger partial charge in [0.05, 0.1) is 11.3 Å². The summed E-state index contributed by atoms with van der Waals surface area (Å²) >= 11 is 0.0710. The molecule has 1 aliphatic heterocycles. The van der Waals surface area contributed by atoms with Crippen LogP contribution in [0.3, 0.4) is 0 Å². The van der Waals surface area contributed by atoms with Crippen LogP contribution >= 0.6 is 23.5 Å². The molecule has 1 aliphatic rings. The molecule has 0 aliphatic carbocycles. The zero-order valence-electron chi connectivity index (χ0n) is 13.4. The summed E-state index contributed by atoms with van der Waals surface area (Å²) in [5, 5.41) is -5.09. The Labute approximate surface area is 159 Å². The molecule has 0 bridgehead atoms. The van der Waals surface area contributed by atoms with Crippen molar-refractivity contribution in [3.05, 3.63) is 71.6 Å². The molecule has 2 aromatic rings. The summed E-state index contributed by atoms with van der Waals surface area (Å²) in [5.74, 6) is -10.6. The molecular weight excluding hydrogens is 408 g/mol. The Morgan fingerprint density at radius 1 is 0.815 bits per heavy atom. The predicted molar refractivity (Wildman–Crippen MR) is 96.4 cm³/mol. The highest BCUT2D eigenvalue weighted by Crippen LogP contribution is 2.60. The summed E-state index contributed by atoms with van der Waals surface area (Å²) in [6, 6.07) is 15.6. The van der Waals surface area contributed by atoms with Crippen LogP contribution in [-0.4, -0.2) is 22.1 Å². The lowest BCUT2D eigenvalue weighted by Gasteiger charge is -2.38. The van der Waals surface area contributed by atoms with E-state index in [1.165, 1.54) is 24.3 Å². The van der Waals surface area contributed by atoms with Crippen LogP contribution in [0.4, 0.5) is 32.0 Å². The van der Waals surface area contributed by atoms with Crippen LogP contribution in [0.5, 0.6) is 0 Å². The van der Waals surface area contributed by atoms with Crippen molar-refractivity contribution in [1.82, 2.24) is 0 Å². The maximum absolute atomic E-state index is 14.4. The molecule has 0 N–H and O–H groups in total. The number of hydrogen-bond donors (Lipinski definition) is 0. The average Bonchev–Trinajstić information content (AvgIpc) is 2.62. The van der Waals surface area contributed by atoms with Crippen LogP contribution in [0.2, 0.25) is 0 Å². The lowest BCUT2D eigenvalue weighted by Crippen LogP contribution is -2.58. The lowest BCUT2D eigenvalue weighted by atomic mass is 10.0. The summed E-state index contributed by atoms with van der Waals surface area (Å²) in [7, 11) is 0. The Hall–Kier alpha value is -1.87. The van der Waals surface area contributed by atoms with E-state index in [0.717, 1.165) is 17.2 Å². The highest BCUT2D eigenvalue weighted by atomic mass is 32.2. The number of halogens is 6. The van der Waals surface area contributed by atoms with Crippen LogP contribution in [-0.2, 0) is 0 Å². The summed E-state index contributed by atoms with van der Waals surface area (Å²) in [6.07, 6.45) is 0. The molecule has 142 valence electrons. The highest BCUT2D eigenvalue weighted by Gasteiger charge is 2.77. The van der Waals surface area contributed by atoms with Crippen molar-refractivity contribution < 1.29 is 26.3 Å². The zero-order chi connectivity index (χ0) is 19.7. The topological polar surface area (TPSA) is 12.4 Å². The van der Waals surface area contributed by atoms with E-state index in [1.807, 2.05) is 0 Å². The molecule has 0 saturated carbocycles. The minimum absolute atomic E-state index is 0.104. The molecule has 3 rings (SSSR count). The molecule has 9 heteroatoms. The molecule has 0 unspecified atom stereocenters. The molecule has 0 atom stereocenters. The maximum Gasteiger partial charge on any atom is 0.386 e. The van der Waals surface area contributed by atoms with Crippen LogP contribution < -0.4 is 0 Å². The van der Waals surface area contributed by atoms with E-state index in [2.05, 4.69) is 4.99 Å². The maximum atomic E-state index is 14.4. The molecule has 2 aromatic carbocycles. The van der Waals surface area contributed by atoms with E-state index >= 15 is 0 Å². The van der Waals surface area contributed by atoms with Gasteiger partial charge in [0, 0.05) is 4.90 Å². The van der Waals surface area contributed by atoms with Gasteiger partial charge in [0.2, 0.25) is 0 Å². The van der Waals surface area contributed by atoms with Crippen molar-refractivity contribution in [1.29, 1.82) is 0 Å². The normalized spacial score (nSPS) is 23.5. The summed E-state index contributed by atoms with van der Waals surface area (Å²) in [6.45, 7) is 0. The molecule has 0 aromatic heterocycles. The third-order valence-corrected chi connectivity index (χ3v) is 5.51. The van der Waals surface area contributed by atoms with Gasteiger partial charge in [-0.3, -0.25) is 0 Å². The fourth-order valence-electron chi connectivity index (χ4n) is 2.18. The third kappa shape index (κ3) is 3.75. The van der Waals surface area contributed by atoms with Crippen molar-refractivity contribution >= 4 is 34.3 Å². The zero-order valence-corrected chi connectivity index (χ0v) is 15.0. The largest absolute Gasteiger partial charge is 0.386 e. The van der Waals surface area contributed by atoms with Crippen molar-refractivity contribution in [2.45, 2.75) is 22.0 Å². The van der Waals surface area contributed by atoms with E-state index < -0.39 is 39.5 Å². The van der Waals surface area contributed by atoms with E-state index in [9.17, 15) is 26.3 Å². The number of benzene rings is 2. The van der Waals surface area contributed by atoms with Gasteiger partial charge in [-0.25, -0.2) is 4.99 Å². The fraction of sp³-hybridized carbons (Fsp3) is 0.167. The number of aliphatic imine (C=N–C) groups is 1. The van der Waals surface area contributed by atoms with E-state index in [-0.39, 0.29) is 5.69 Å². The second-order valence-electron chi connectivity index (χ2n) is 5.48. The summed E-state index contributed by atoms with van der Waals surface area (Å²) < 4.78 is 84.0. The van der Waals surface area contributed by atoms with Gasteiger partial charge in [0.25, 0.3) is 0 Å². The molecule has 0 amide bonds. The van der Waals surface area contributed by atoms with Gasteiger partial charge in [-0.1, -0.05) is 48.2 Å². The number of rotatable bonds is 3. The van der Waals surface area contributed by atoms with Crippen molar-refractivity contribution in [3.63, 3.8) is 0 Å². The molecule has 1 fully saturated rings. The van der Waals surface area contributed by atoms with Gasteiger partial charge in [0.15, 0.2) is 0 Å². The molecule has 1 heterocycles. The second-order valence-corrected chi connectivity index (χ2v) is 7.53. The highest BCUT2D eigenvalue weighted by molar-refractivity contribution is 8.15. The quantitative estimate of drug-likeness (QED) is 0.392. The molecule has 0 radical (unpaired) electrons. The van der Waals surface area contributed by atoms with Crippen LogP contribution in [0.1, 0.15) is 0 Å². The lowest BCUT2D eigenvalue weighted by molar-refractivity contribution is -0.259. The SMILES string of the molecule is FC1(F)SC(=Nc2ccccc2)/C(=C/Sc2ccccc2)C(F)(F)C1(F)F. The molecular formula is C18H11F6NS2. The summed E-state index contributed by atoms with van der Waals surface area (Å²) in [5.41, 5.74) is -1.13. The molecule has 1 nitrogen and oxygen atoms in total. The van der Waals surface area contributed by atoms with E-state index in [0.29, 0.717) is 4.90 Å². The number of alkyl halides is 6. The van der Waals surface area contributed by atoms with Gasteiger partial charge in [-0.15, -0.1) is 0 Å². The Bertz CT molecular complexity index is 866. The first kappa shape index (κ1) is 19.9. The van der Waals surface area contributed by atoms with Crippen LogP contribution in [0, 0.1) is 0 Å². The predicted octanol–water partition coefficient (Wildman–Crippen LogP) is 7.00. The van der Waals surface area contributed by atoms with Crippen molar-refractivity contribution in [2.24, 2.45) is 4.99 Å². The number of para-hydroxylation sites is 1. The molecule has 0 spiro atoms. The fourth-order valence-corrected chi connectivity index (χ4v) is 4.03. The first-order chi connectivity index (χ1) is 12.6. The Morgan fingerprint density at radius 2 is 1.37 bits per heavy atom. The Balaban J connectivity index is 2.09. The van der Waals surface area contributed by atoms with Crippen LogP contribution in [0.25, 0.3) is 0 Å². The summed E-state index contributed by atoms with van der Waals surface area (Å²) in [4.78, 5) is 4.26. The minimum atomic E-state index is -5.55. The minimum Gasteiger partial charge on any atom is -0.241 e. The standard InChI is InChI=1S/C18H11F6NS2/c19-16(20)14(11-26-13-9-5-2-6-10-13)15(25-12-7-3-1-4-8-12)27-18(23,24)17(16,21)22/h1-11H/b14-11-,25-15?. The first-order valence-corrected chi connectivity index (χ1v) is 9.24. The average molecular weight is 419 g/mol. The Morgan fingerprint density at radius 3 is 1.96 bits per heavy atom. The third-order valence-electron chi connectivity index (χ3n) is 3.60. The van der Waals surface area contributed by atoms with Gasteiger partial charge >= 0.3 is 17.1 Å².